The molecule has 2 rings (SSSR count). The van der Waals surface area contributed by atoms with Crippen LogP contribution in [0, 0.1) is 11.3 Å². The molecule has 1 aliphatic heterocycles. The zero-order chi connectivity index (χ0) is 15.1. The van der Waals surface area contributed by atoms with Gasteiger partial charge in [0.2, 0.25) is 0 Å². The van der Waals surface area contributed by atoms with E-state index in [4.69, 9.17) is 4.74 Å². The van der Waals surface area contributed by atoms with Gasteiger partial charge in [-0.25, -0.2) is 0 Å². The first-order valence-corrected chi connectivity index (χ1v) is 7.71. The molecule has 1 fully saturated rings. The average molecular weight is 287 g/mol. The third-order valence-electron chi connectivity index (χ3n) is 3.90. The summed E-state index contributed by atoms with van der Waals surface area (Å²) >= 11 is 0. The van der Waals surface area contributed by atoms with Crippen LogP contribution < -0.4 is 5.32 Å². The molecule has 1 atom stereocenters. The number of rotatable bonds is 6. The van der Waals surface area contributed by atoms with E-state index in [9.17, 15) is 5.26 Å². The van der Waals surface area contributed by atoms with Crippen molar-refractivity contribution in [2.75, 3.05) is 32.8 Å². The van der Waals surface area contributed by atoms with E-state index in [1.165, 1.54) is 0 Å². The summed E-state index contributed by atoms with van der Waals surface area (Å²) in [5.41, 5.74) is 0.433. The van der Waals surface area contributed by atoms with E-state index in [2.05, 4.69) is 30.1 Å². The highest BCUT2D eigenvalue weighted by Crippen LogP contribution is 2.26. The fourth-order valence-electron chi connectivity index (χ4n) is 2.82. The van der Waals surface area contributed by atoms with Crippen molar-refractivity contribution in [3.05, 3.63) is 35.9 Å². The molecule has 0 aliphatic carbocycles. The maximum absolute atomic E-state index is 9.85. The second kappa shape index (κ2) is 7.56. The molecule has 0 spiro atoms. The Morgan fingerprint density at radius 1 is 1.29 bits per heavy atom. The summed E-state index contributed by atoms with van der Waals surface area (Å²) < 4.78 is 5.38. The SMILES string of the molecule is CC(C)NC(C#N)(CCN1CCOCC1)c1ccccc1. The first-order valence-electron chi connectivity index (χ1n) is 7.71. The van der Waals surface area contributed by atoms with Crippen LogP contribution in [0.1, 0.15) is 25.8 Å². The van der Waals surface area contributed by atoms with Gasteiger partial charge >= 0.3 is 0 Å². The summed E-state index contributed by atoms with van der Waals surface area (Å²) in [5, 5.41) is 13.3. The minimum atomic E-state index is -0.617. The van der Waals surface area contributed by atoms with Gasteiger partial charge in [0.05, 0.1) is 19.3 Å². The molecule has 1 aromatic rings. The van der Waals surface area contributed by atoms with Gasteiger partial charge in [0.15, 0.2) is 0 Å². The lowest BCUT2D eigenvalue weighted by Crippen LogP contribution is -2.48. The van der Waals surface area contributed by atoms with Crippen molar-refractivity contribution in [1.82, 2.24) is 10.2 Å². The highest BCUT2D eigenvalue weighted by atomic mass is 16.5. The van der Waals surface area contributed by atoms with Gasteiger partial charge < -0.3 is 4.74 Å². The molecule has 1 aromatic carbocycles. The summed E-state index contributed by atoms with van der Waals surface area (Å²) in [6, 6.07) is 12.9. The Balaban J connectivity index is 2.13. The first kappa shape index (κ1) is 16.0. The highest BCUT2D eigenvalue weighted by molar-refractivity contribution is 5.31. The molecule has 0 bridgehead atoms. The zero-order valence-electron chi connectivity index (χ0n) is 13.0. The topological polar surface area (TPSA) is 48.3 Å². The Morgan fingerprint density at radius 3 is 2.52 bits per heavy atom. The summed E-state index contributed by atoms with van der Waals surface area (Å²) in [5.74, 6) is 0. The fourth-order valence-corrected chi connectivity index (χ4v) is 2.82. The molecular weight excluding hydrogens is 262 g/mol. The molecule has 1 unspecified atom stereocenters. The van der Waals surface area contributed by atoms with Crippen molar-refractivity contribution in [3.63, 3.8) is 0 Å². The minimum Gasteiger partial charge on any atom is -0.379 e. The number of nitriles is 1. The Kier molecular flexibility index (Phi) is 5.75. The lowest BCUT2D eigenvalue weighted by Gasteiger charge is -2.34. The molecule has 0 amide bonds. The predicted molar refractivity (Wildman–Crippen MR) is 83.9 cm³/mol. The smallest absolute Gasteiger partial charge is 0.133 e. The molecule has 0 aromatic heterocycles. The van der Waals surface area contributed by atoms with Crippen LogP contribution >= 0.6 is 0 Å². The molecule has 0 saturated carbocycles. The van der Waals surface area contributed by atoms with E-state index in [1.807, 2.05) is 30.3 Å². The van der Waals surface area contributed by atoms with E-state index in [0.717, 1.165) is 44.8 Å². The Labute approximate surface area is 127 Å². The van der Waals surface area contributed by atoms with Gasteiger partial charge in [0, 0.05) is 25.7 Å². The molecule has 0 radical (unpaired) electrons. The highest BCUT2D eigenvalue weighted by Gasteiger charge is 2.33. The lowest BCUT2D eigenvalue weighted by molar-refractivity contribution is 0.0345. The molecule has 1 saturated heterocycles. The second-order valence-corrected chi connectivity index (χ2v) is 5.89. The van der Waals surface area contributed by atoms with Crippen LogP contribution in [0.15, 0.2) is 30.3 Å². The van der Waals surface area contributed by atoms with Crippen molar-refractivity contribution in [3.8, 4) is 6.07 Å². The Bertz CT molecular complexity index is 463. The van der Waals surface area contributed by atoms with Crippen molar-refractivity contribution < 1.29 is 4.74 Å². The summed E-state index contributed by atoms with van der Waals surface area (Å²) in [6.07, 6.45) is 0.783. The van der Waals surface area contributed by atoms with Gasteiger partial charge in [-0.2, -0.15) is 5.26 Å². The van der Waals surface area contributed by atoms with Crippen LogP contribution in [-0.2, 0) is 10.3 Å². The maximum atomic E-state index is 9.85. The zero-order valence-corrected chi connectivity index (χ0v) is 13.0. The van der Waals surface area contributed by atoms with Gasteiger partial charge in [0.25, 0.3) is 0 Å². The summed E-state index contributed by atoms with van der Waals surface area (Å²) in [6.45, 7) is 8.58. The van der Waals surface area contributed by atoms with E-state index < -0.39 is 5.54 Å². The number of hydrogen-bond acceptors (Lipinski definition) is 4. The van der Waals surface area contributed by atoms with Crippen LogP contribution in [0.25, 0.3) is 0 Å². The molecule has 1 aliphatic rings. The quantitative estimate of drug-likeness (QED) is 0.871. The van der Waals surface area contributed by atoms with Crippen LogP contribution in [-0.4, -0.2) is 43.8 Å². The van der Waals surface area contributed by atoms with Crippen LogP contribution in [0.3, 0.4) is 0 Å². The molecule has 1 N–H and O–H groups in total. The average Bonchev–Trinajstić information content (AvgIpc) is 2.53. The van der Waals surface area contributed by atoms with Gasteiger partial charge in [-0.3, -0.25) is 10.2 Å². The summed E-state index contributed by atoms with van der Waals surface area (Å²) in [4.78, 5) is 2.38. The number of hydrogen-bond donors (Lipinski definition) is 1. The number of nitrogens with one attached hydrogen (secondary N) is 1. The largest absolute Gasteiger partial charge is 0.379 e. The van der Waals surface area contributed by atoms with Gasteiger partial charge in [-0.05, 0) is 25.8 Å². The molecule has 1 heterocycles. The van der Waals surface area contributed by atoms with Crippen LogP contribution in [0.4, 0.5) is 0 Å². The van der Waals surface area contributed by atoms with Gasteiger partial charge in [0.1, 0.15) is 5.54 Å². The third-order valence-corrected chi connectivity index (χ3v) is 3.90. The van der Waals surface area contributed by atoms with Crippen molar-refractivity contribution in [2.24, 2.45) is 0 Å². The second-order valence-electron chi connectivity index (χ2n) is 5.89. The maximum Gasteiger partial charge on any atom is 0.133 e. The predicted octanol–water partition coefficient (Wildman–Crippen LogP) is 2.13. The van der Waals surface area contributed by atoms with E-state index in [1.54, 1.807) is 0 Å². The van der Waals surface area contributed by atoms with E-state index >= 15 is 0 Å². The normalized spacial score (nSPS) is 19.1. The van der Waals surface area contributed by atoms with Crippen molar-refractivity contribution in [1.29, 1.82) is 5.26 Å². The number of ether oxygens (including phenoxy) is 1. The molecule has 4 nitrogen and oxygen atoms in total. The monoisotopic (exact) mass is 287 g/mol. The van der Waals surface area contributed by atoms with Crippen LogP contribution in [0.2, 0.25) is 0 Å². The molecule has 21 heavy (non-hydrogen) atoms. The number of nitrogens with zero attached hydrogens (tertiary/aromatic N) is 2. The third kappa shape index (κ3) is 4.28. The Hall–Kier alpha value is -1.41. The first-order chi connectivity index (χ1) is 10.2. The standard InChI is InChI=1S/C17H25N3O/c1-15(2)19-17(14-18,16-6-4-3-5-7-16)8-9-20-10-12-21-13-11-20/h3-7,15,19H,8-13H2,1-2H3. The summed E-state index contributed by atoms with van der Waals surface area (Å²) in [7, 11) is 0. The fraction of sp³-hybridized carbons (Fsp3) is 0.588. The van der Waals surface area contributed by atoms with Gasteiger partial charge in [-0.15, -0.1) is 0 Å². The number of benzene rings is 1. The number of morpholine rings is 1. The minimum absolute atomic E-state index is 0.259. The van der Waals surface area contributed by atoms with E-state index in [0.29, 0.717) is 0 Å². The van der Waals surface area contributed by atoms with Gasteiger partial charge in [-0.1, -0.05) is 30.3 Å². The lowest BCUT2D eigenvalue weighted by atomic mass is 9.87. The molecule has 114 valence electrons. The molecular formula is C17H25N3O. The van der Waals surface area contributed by atoms with Crippen molar-refractivity contribution in [2.45, 2.75) is 31.8 Å². The Morgan fingerprint density at radius 2 is 1.95 bits per heavy atom. The van der Waals surface area contributed by atoms with Crippen molar-refractivity contribution >= 4 is 0 Å². The van der Waals surface area contributed by atoms with Crippen LogP contribution in [0.5, 0.6) is 0 Å². The van der Waals surface area contributed by atoms with E-state index in [-0.39, 0.29) is 6.04 Å². The molecule has 4 heteroatoms.